The molecule has 0 aliphatic heterocycles. The summed E-state index contributed by atoms with van der Waals surface area (Å²) in [4.78, 5) is 24.2. The van der Waals surface area contributed by atoms with E-state index in [9.17, 15) is 18.0 Å². The van der Waals surface area contributed by atoms with Crippen LogP contribution >= 0.6 is 11.6 Å². The molecule has 0 atom stereocenters. The lowest BCUT2D eigenvalue weighted by Crippen LogP contribution is -2.20. The van der Waals surface area contributed by atoms with Gasteiger partial charge in [0.05, 0.1) is 34.9 Å². The Morgan fingerprint density at radius 3 is 2.24 bits per heavy atom. The molecular formula is C26H27ClN2O7S. The van der Waals surface area contributed by atoms with Gasteiger partial charge in [0.2, 0.25) is 0 Å². The highest BCUT2D eigenvalue weighted by atomic mass is 35.5. The quantitative estimate of drug-likeness (QED) is 0.239. The third-order valence-corrected chi connectivity index (χ3v) is 6.74. The highest BCUT2D eigenvalue weighted by Gasteiger charge is 2.16. The van der Waals surface area contributed by atoms with Crippen LogP contribution in [0.2, 0.25) is 5.02 Å². The lowest BCUT2D eigenvalue weighted by atomic mass is 10.2. The summed E-state index contributed by atoms with van der Waals surface area (Å²) in [5.74, 6) is -0.0995. The van der Waals surface area contributed by atoms with E-state index in [1.165, 1.54) is 43.5 Å². The molecule has 0 aliphatic rings. The summed E-state index contributed by atoms with van der Waals surface area (Å²) in [7, 11) is -2.41. The Bertz CT molecular complexity index is 1330. The van der Waals surface area contributed by atoms with E-state index in [1.54, 1.807) is 30.3 Å². The van der Waals surface area contributed by atoms with Gasteiger partial charge < -0.3 is 19.5 Å². The topological polar surface area (TPSA) is 120 Å². The molecule has 0 fully saturated rings. The van der Waals surface area contributed by atoms with Crippen LogP contribution in [-0.4, -0.2) is 40.6 Å². The number of methoxy groups -OCH3 is 1. The molecule has 0 spiro atoms. The number of benzene rings is 3. The van der Waals surface area contributed by atoms with Crippen LogP contribution in [0.15, 0.2) is 71.6 Å². The van der Waals surface area contributed by atoms with Gasteiger partial charge >= 0.3 is 5.97 Å². The molecule has 37 heavy (non-hydrogen) atoms. The van der Waals surface area contributed by atoms with Gasteiger partial charge in [-0.15, -0.1) is 0 Å². The van der Waals surface area contributed by atoms with Crippen molar-refractivity contribution in [3.63, 3.8) is 0 Å². The largest absolute Gasteiger partial charge is 0.495 e. The molecule has 3 aromatic carbocycles. The van der Waals surface area contributed by atoms with Crippen molar-refractivity contribution in [1.29, 1.82) is 0 Å². The normalized spacial score (nSPS) is 10.9. The predicted molar refractivity (Wildman–Crippen MR) is 141 cm³/mol. The highest BCUT2D eigenvalue weighted by molar-refractivity contribution is 7.92. The number of carbonyl (C=O) groups excluding carboxylic acids is 2. The van der Waals surface area contributed by atoms with Gasteiger partial charge in [-0.25, -0.2) is 13.2 Å². The van der Waals surface area contributed by atoms with E-state index < -0.39 is 21.9 Å². The third-order valence-electron chi connectivity index (χ3n) is 5.04. The molecule has 2 N–H and O–H groups in total. The average Bonchev–Trinajstić information content (AvgIpc) is 2.88. The van der Waals surface area contributed by atoms with E-state index in [0.29, 0.717) is 29.4 Å². The van der Waals surface area contributed by atoms with E-state index in [-0.39, 0.29) is 22.2 Å². The molecule has 3 rings (SSSR count). The van der Waals surface area contributed by atoms with Crippen molar-refractivity contribution < 1.29 is 32.2 Å². The van der Waals surface area contributed by atoms with Gasteiger partial charge in [0.1, 0.15) is 11.5 Å². The first-order chi connectivity index (χ1) is 17.7. The zero-order chi connectivity index (χ0) is 26.8. The second-order valence-corrected chi connectivity index (χ2v) is 9.92. The number of nitrogens with one attached hydrogen (secondary N) is 2. The summed E-state index contributed by atoms with van der Waals surface area (Å²) in [6.45, 7) is 2.08. The Balaban J connectivity index is 1.51. The minimum Gasteiger partial charge on any atom is -0.495 e. The van der Waals surface area contributed by atoms with Crippen LogP contribution in [0.1, 0.15) is 30.1 Å². The van der Waals surface area contributed by atoms with E-state index in [1.807, 2.05) is 6.92 Å². The Hall–Kier alpha value is -3.76. The zero-order valence-electron chi connectivity index (χ0n) is 20.3. The second kappa shape index (κ2) is 13.0. The molecule has 0 bridgehead atoms. The molecule has 3 aromatic rings. The second-order valence-electron chi connectivity index (χ2n) is 7.83. The predicted octanol–water partition coefficient (Wildman–Crippen LogP) is 5.12. The van der Waals surface area contributed by atoms with Crippen molar-refractivity contribution in [2.75, 3.05) is 30.4 Å². The average molecular weight is 547 g/mol. The zero-order valence-corrected chi connectivity index (χ0v) is 21.9. The number of halogens is 1. The fourth-order valence-corrected chi connectivity index (χ4v) is 4.39. The van der Waals surface area contributed by atoms with E-state index in [4.69, 9.17) is 25.8 Å². The summed E-state index contributed by atoms with van der Waals surface area (Å²) in [5, 5.41) is 2.93. The fourth-order valence-electron chi connectivity index (χ4n) is 3.09. The van der Waals surface area contributed by atoms with Crippen LogP contribution in [0.4, 0.5) is 11.4 Å². The smallest absolute Gasteiger partial charge is 0.338 e. The van der Waals surface area contributed by atoms with Crippen molar-refractivity contribution in [1.82, 2.24) is 0 Å². The number of hydrogen-bond acceptors (Lipinski definition) is 7. The fraction of sp³-hybridized carbons (Fsp3) is 0.231. The van der Waals surface area contributed by atoms with Crippen molar-refractivity contribution in [2.24, 2.45) is 0 Å². The van der Waals surface area contributed by atoms with Gasteiger partial charge in [-0.1, -0.05) is 24.9 Å². The monoisotopic (exact) mass is 546 g/mol. The molecule has 9 nitrogen and oxygen atoms in total. The Kier molecular flexibility index (Phi) is 9.76. The molecule has 196 valence electrons. The summed E-state index contributed by atoms with van der Waals surface area (Å²) in [5.41, 5.74) is 1.17. The van der Waals surface area contributed by atoms with Gasteiger partial charge in [-0.2, -0.15) is 0 Å². The van der Waals surface area contributed by atoms with Gasteiger partial charge in [0, 0.05) is 5.69 Å². The lowest BCUT2D eigenvalue weighted by Gasteiger charge is -2.11. The molecule has 0 saturated carbocycles. The molecule has 0 unspecified atom stereocenters. The van der Waals surface area contributed by atoms with E-state index >= 15 is 0 Å². The number of rotatable bonds is 12. The van der Waals surface area contributed by atoms with Crippen molar-refractivity contribution in [3.05, 3.63) is 77.3 Å². The molecule has 11 heteroatoms. The first kappa shape index (κ1) is 27.8. The Morgan fingerprint density at radius 2 is 1.62 bits per heavy atom. The first-order valence-electron chi connectivity index (χ1n) is 11.4. The summed E-state index contributed by atoms with van der Waals surface area (Å²) < 4.78 is 43.4. The number of hydrogen-bond donors (Lipinski definition) is 2. The van der Waals surface area contributed by atoms with E-state index in [2.05, 4.69) is 10.0 Å². The first-order valence-corrected chi connectivity index (χ1v) is 13.2. The lowest BCUT2D eigenvalue weighted by molar-refractivity contribution is -0.118. The van der Waals surface area contributed by atoms with Gasteiger partial charge in [-0.3, -0.25) is 9.52 Å². The van der Waals surface area contributed by atoms with Gasteiger partial charge in [0.15, 0.2) is 6.61 Å². The minimum atomic E-state index is -3.87. The van der Waals surface area contributed by atoms with Crippen LogP contribution in [0.25, 0.3) is 0 Å². The minimum absolute atomic E-state index is 0.00422. The number of esters is 1. The number of anilines is 2. The number of ether oxygens (including phenoxy) is 3. The van der Waals surface area contributed by atoms with Crippen LogP contribution < -0.4 is 19.5 Å². The molecule has 0 aliphatic carbocycles. The SMILES string of the molecule is CCCCOC(=O)c1ccc(NC(=O)COc2ccc(S(=O)(=O)Nc3ccc(OC)c(Cl)c3)cc2)cc1. The van der Waals surface area contributed by atoms with Gasteiger partial charge in [-0.05, 0) is 73.2 Å². The number of amides is 1. The van der Waals surface area contributed by atoms with E-state index in [0.717, 1.165) is 12.8 Å². The summed E-state index contributed by atoms with van der Waals surface area (Å²) >= 11 is 6.05. The maximum atomic E-state index is 12.7. The molecular weight excluding hydrogens is 520 g/mol. The summed E-state index contributed by atoms with van der Waals surface area (Å²) in [6.07, 6.45) is 1.73. The van der Waals surface area contributed by atoms with Crippen LogP contribution in [0.3, 0.4) is 0 Å². The van der Waals surface area contributed by atoms with Crippen molar-refractivity contribution >= 4 is 44.9 Å². The Labute approximate surface area is 220 Å². The number of sulfonamides is 1. The molecule has 0 aromatic heterocycles. The molecule has 0 saturated heterocycles. The number of carbonyl (C=O) groups is 2. The summed E-state index contributed by atoms with van der Waals surface area (Å²) in [6, 6.07) is 16.5. The van der Waals surface area contributed by atoms with Crippen LogP contribution in [0, 0.1) is 0 Å². The third kappa shape index (κ3) is 8.12. The van der Waals surface area contributed by atoms with Crippen molar-refractivity contribution in [2.45, 2.75) is 24.7 Å². The standard InChI is InChI=1S/C26H27ClN2O7S/c1-3-4-15-35-26(31)18-5-7-19(8-6-18)28-25(30)17-36-21-10-12-22(13-11-21)37(32,33)29-20-9-14-24(34-2)23(27)16-20/h5-14,16,29H,3-4,15,17H2,1-2H3,(H,28,30). The maximum Gasteiger partial charge on any atom is 0.338 e. The van der Waals surface area contributed by atoms with Crippen LogP contribution in [0.5, 0.6) is 11.5 Å². The highest BCUT2D eigenvalue weighted by Crippen LogP contribution is 2.28. The van der Waals surface area contributed by atoms with Gasteiger partial charge in [0.25, 0.3) is 15.9 Å². The molecule has 0 radical (unpaired) electrons. The van der Waals surface area contributed by atoms with Crippen LogP contribution in [-0.2, 0) is 19.6 Å². The maximum absolute atomic E-state index is 12.7. The number of unbranched alkanes of at least 4 members (excludes halogenated alkanes) is 1. The molecule has 0 heterocycles. The Morgan fingerprint density at radius 1 is 0.946 bits per heavy atom. The van der Waals surface area contributed by atoms with Crippen molar-refractivity contribution in [3.8, 4) is 11.5 Å². The molecule has 1 amide bonds.